The van der Waals surface area contributed by atoms with Gasteiger partial charge in [-0.05, 0) is 125 Å². The van der Waals surface area contributed by atoms with Crippen LogP contribution in [0.4, 0.5) is 0 Å². The summed E-state index contributed by atoms with van der Waals surface area (Å²) in [6, 6.07) is 11.9. The molecular weight excluding hydrogens is 1330 g/mol. The van der Waals surface area contributed by atoms with E-state index in [0.717, 1.165) is 11.1 Å². The van der Waals surface area contributed by atoms with Gasteiger partial charge in [-0.2, -0.15) is 0 Å². The molecule has 3 aromatic carbocycles. The molecule has 12 amide bonds. The summed E-state index contributed by atoms with van der Waals surface area (Å²) >= 11 is 0. The van der Waals surface area contributed by atoms with Crippen molar-refractivity contribution in [2.75, 3.05) is 52.4 Å². The van der Waals surface area contributed by atoms with Gasteiger partial charge in [0.15, 0.2) is 17.9 Å². The summed E-state index contributed by atoms with van der Waals surface area (Å²) in [5, 5.41) is 39.2. The van der Waals surface area contributed by atoms with Crippen molar-refractivity contribution < 1.29 is 62.6 Å². The van der Waals surface area contributed by atoms with Crippen molar-refractivity contribution in [3.05, 3.63) is 102 Å². The number of carbonyl (C=O) groups is 12. The number of phenolic OH excluding ortho intramolecular Hbond substituents is 1. The Labute approximate surface area is 596 Å². The smallest absolute Gasteiger partial charge is 0.245 e. The molecule has 0 aromatic heterocycles. The van der Waals surface area contributed by atoms with Crippen molar-refractivity contribution in [2.24, 2.45) is 60.8 Å². The summed E-state index contributed by atoms with van der Waals surface area (Å²) in [4.78, 5) is 182. The SMILES string of the molecule is NCCCC[C@H](NC(=O)[C@@H]1CCCN1C(=O)[C@H](CCCN=C(N)N)NC(=O)C1CCCNC(=O)C[C@H](NC(=O)[C@H](Cc2ccccc2)NC(=O)CNC(=O)CNC(=O)[C@H](Cc2ccc(O)cc2)NCc2ccccc2)C(=O)N[C@@H](CCCN=C(N)N)C(=O)N[C@@H](CCCN=C(N)N)C(=O)N1)C(N)=O. The van der Waals surface area contributed by atoms with E-state index in [1.165, 1.54) is 17.0 Å². The van der Waals surface area contributed by atoms with Crippen LogP contribution in [0.5, 0.6) is 5.75 Å². The van der Waals surface area contributed by atoms with E-state index in [4.69, 9.17) is 45.9 Å². The van der Waals surface area contributed by atoms with E-state index in [-0.39, 0.29) is 133 Å². The number of amides is 12. The van der Waals surface area contributed by atoms with Gasteiger partial charge in [0.1, 0.15) is 54.1 Å². The zero-order valence-electron chi connectivity index (χ0n) is 57.7. The maximum absolute atomic E-state index is 14.8. The zero-order chi connectivity index (χ0) is 75.2. The van der Waals surface area contributed by atoms with E-state index in [0.29, 0.717) is 37.9 Å². The predicted molar refractivity (Wildman–Crippen MR) is 382 cm³/mol. The molecule has 28 N–H and O–H groups in total. The van der Waals surface area contributed by atoms with Gasteiger partial charge in [0.25, 0.3) is 0 Å². The highest BCUT2D eigenvalue weighted by molar-refractivity contribution is 6.00. The Morgan fingerprint density at radius 2 is 1.11 bits per heavy atom. The highest BCUT2D eigenvalue weighted by Gasteiger charge is 2.40. The molecule has 36 nitrogen and oxygen atoms in total. The van der Waals surface area contributed by atoms with E-state index >= 15 is 0 Å². The number of nitrogens with two attached hydrogens (primary N) is 8. The molecule has 9 atom stereocenters. The van der Waals surface area contributed by atoms with Crippen LogP contribution < -0.4 is 104 Å². The lowest BCUT2D eigenvalue weighted by atomic mass is 10.0. The summed E-state index contributed by atoms with van der Waals surface area (Å²) in [5.41, 5.74) is 47.0. The van der Waals surface area contributed by atoms with E-state index in [9.17, 15) is 62.6 Å². The van der Waals surface area contributed by atoms with Gasteiger partial charge < -0.3 is 114 Å². The molecule has 103 heavy (non-hydrogen) atoms. The highest BCUT2D eigenvalue weighted by Crippen LogP contribution is 2.21. The van der Waals surface area contributed by atoms with Crippen LogP contribution in [0.2, 0.25) is 0 Å². The quantitative estimate of drug-likeness (QED) is 0.0145. The topological polar surface area (TPSA) is 606 Å². The minimum absolute atomic E-state index is 0.0225. The van der Waals surface area contributed by atoms with Crippen molar-refractivity contribution >= 4 is 88.8 Å². The number of nitrogens with one attached hydrogen (secondary N) is 11. The minimum atomic E-state index is -1.78. The van der Waals surface area contributed by atoms with Crippen LogP contribution in [-0.4, -0.2) is 206 Å². The Morgan fingerprint density at radius 3 is 1.72 bits per heavy atom. The van der Waals surface area contributed by atoms with Crippen LogP contribution >= 0.6 is 0 Å². The first-order chi connectivity index (χ1) is 49.3. The second-order valence-corrected chi connectivity index (χ2v) is 24.9. The maximum atomic E-state index is 14.8. The average Bonchev–Trinajstić information content (AvgIpc) is 1.72. The van der Waals surface area contributed by atoms with Crippen molar-refractivity contribution in [3.63, 3.8) is 0 Å². The van der Waals surface area contributed by atoms with E-state index in [1.807, 2.05) is 30.3 Å². The number of rotatable bonds is 37. The Kier molecular flexibility index (Phi) is 35.4. The number of phenols is 1. The fraction of sp³-hybridized carbons (Fsp3) is 0.507. The van der Waals surface area contributed by atoms with E-state index in [1.54, 1.807) is 42.5 Å². The van der Waals surface area contributed by atoms with Gasteiger partial charge in [0, 0.05) is 45.7 Å². The number of primary amides is 1. The number of aromatic hydroxyl groups is 1. The first-order valence-corrected chi connectivity index (χ1v) is 34.3. The molecule has 0 saturated carbocycles. The Morgan fingerprint density at radius 1 is 0.553 bits per heavy atom. The Hall–Kier alpha value is -11.2. The molecule has 3 aromatic rings. The molecule has 2 fully saturated rings. The Bertz CT molecular complexity index is 3410. The number of aliphatic imine (C=N–C) groups is 3. The van der Waals surface area contributed by atoms with Crippen LogP contribution in [0, 0.1) is 0 Å². The Balaban J connectivity index is 1.40. The second-order valence-electron chi connectivity index (χ2n) is 24.9. The number of hydrogen-bond acceptors (Lipinski definition) is 18. The molecule has 1 unspecified atom stereocenters. The number of guanidine groups is 3. The van der Waals surface area contributed by atoms with Gasteiger partial charge in [-0.1, -0.05) is 72.8 Å². The van der Waals surface area contributed by atoms with Crippen LogP contribution in [0.25, 0.3) is 0 Å². The molecule has 0 aliphatic carbocycles. The normalized spacial score (nSPS) is 18.4. The van der Waals surface area contributed by atoms with Gasteiger partial charge in [-0.25, -0.2) is 0 Å². The molecular formula is C67H101N23O13. The lowest BCUT2D eigenvalue weighted by Crippen LogP contribution is -2.61. The number of hydrogen-bond donors (Lipinski definition) is 20. The largest absolute Gasteiger partial charge is 0.508 e. The molecule has 562 valence electrons. The standard InChI is InChI=1S/C67H101N23O13/c68-28-8-7-18-44(56(69)95)84-63(102)52-23-13-33-90(52)64(103)48(22-12-32-79-67(74)75)88-60(99)47-19-9-29-76-53(92)36-51(62(101)87-46(21-11-31-78-66(72)73)59(98)85-45(58(97)86-47)20-10-30-77-65(70)71)89-61(100)50(35-40-14-3-1-4-15-40)83-55(94)39-81-54(93)38-82-57(96)49(34-41-24-26-43(91)27-25-41)80-37-42-16-5-2-6-17-42/h1-6,14-17,24-27,44-52,80,91H,7-13,18-23,28-39,68H2,(H2,69,95)(H,76,92)(H,81,93)(H,82,96)(H,83,94)(H,84,102)(H,85,98)(H,86,97)(H,87,101)(H,88,99)(H,89,100)(H4,70,71,77)(H4,72,73,78)(H4,74,75,79)/t44-,45-,46-,47?,48-,49-,50-,51-,52-/m0/s1. The van der Waals surface area contributed by atoms with Crippen molar-refractivity contribution in [2.45, 2.75) is 164 Å². The van der Waals surface area contributed by atoms with Crippen LogP contribution in [0.3, 0.4) is 0 Å². The minimum Gasteiger partial charge on any atom is -0.508 e. The first-order valence-electron chi connectivity index (χ1n) is 34.3. The number of benzene rings is 3. The van der Waals surface area contributed by atoms with Gasteiger partial charge in [0.2, 0.25) is 70.9 Å². The third-order valence-corrected chi connectivity index (χ3v) is 16.7. The highest BCUT2D eigenvalue weighted by atomic mass is 16.3. The van der Waals surface area contributed by atoms with Crippen molar-refractivity contribution in [3.8, 4) is 5.75 Å². The summed E-state index contributed by atoms with van der Waals surface area (Å²) in [6.07, 6.45) is 0.594. The lowest BCUT2D eigenvalue weighted by molar-refractivity contribution is -0.142. The molecule has 0 bridgehead atoms. The van der Waals surface area contributed by atoms with E-state index in [2.05, 4.69) is 73.5 Å². The van der Waals surface area contributed by atoms with Crippen LogP contribution in [0.15, 0.2) is 99.9 Å². The summed E-state index contributed by atoms with van der Waals surface area (Å²) in [6.45, 7) is -0.753. The fourth-order valence-electron chi connectivity index (χ4n) is 11.3. The van der Waals surface area contributed by atoms with Crippen molar-refractivity contribution in [1.82, 2.24) is 63.4 Å². The summed E-state index contributed by atoms with van der Waals surface area (Å²) in [5.74, 6) is -10.7. The molecule has 2 saturated heterocycles. The lowest BCUT2D eigenvalue weighted by Gasteiger charge is -2.31. The monoisotopic (exact) mass is 1440 g/mol. The van der Waals surface area contributed by atoms with Crippen LogP contribution in [0.1, 0.15) is 107 Å². The van der Waals surface area contributed by atoms with Gasteiger partial charge in [-0.3, -0.25) is 72.5 Å². The molecule has 5 rings (SSSR count). The number of likely N-dealkylation sites (tertiary alicyclic amines) is 1. The van der Waals surface area contributed by atoms with Crippen LogP contribution in [-0.2, 0) is 76.9 Å². The maximum Gasteiger partial charge on any atom is 0.245 e. The molecule has 0 spiro atoms. The van der Waals surface area contributed by atoms with E-state index < -0.39 is 145 Å². The number of nitrogens with zero attached hydrogens (tertiary/aromatic N) is 4. The third kappa shape index (κ3) is 30.7. The molecule has 2 heterocycles. The molecule has 2 aliphatic rings. The molecule has 36 heteroatoms. The predicted octanol–water partition coefficient (Wildman–Crippen LogP) is -5.97. The third-order valence-electron chi connectivity index (χ3n) is 16.7. The fourth-order valence-corrected chi connectivity index (χ4v) is 11.3. The van der Waals surface area contributed by atoms with Crippen molar-refractivity contribution in [1.29, 1.82) is 0 Å². The molecule has 0 radical (unpaired) electrons. The average molecular weight is 1440 g/mol. The summed E-state index contributed by atoms with van der Waals surface area (Å²) in [7, 11) is 0. The molecule has 2 aliphatic heterocycles. The second kappa shape index (κ2) is 44.2. The zero-order valence-corrected chi connectivity index (χ0v) is 57.7. The van der Waals surface area contributed by atoms with Gasteiger partial charge in [-0.15, -0.1) is 0 Å². The number of carbonyl (C=O) groups excluding carboxylic acids is 12. The summed E-state index contributed by atoms with van der Waals surface area (Å²) < 4.78 is 0. The van der Waals surface area contributed by atoms with Gasteiger partial charge >= 0.3 is 0 Å². The first kappa shape index (κ1) is 82.5. The number of unbranched alkanes of at least 4 members (excludes halogenated alkanes) is 1. The van der Waals surface area contributed by atoms with Gasteiger partial charge in [0.05, 0.1) is 25.6 Å².